The van der Waals surface area contributed by atoms with Gasteiger partial charge in [-0.1, -0.05) is 93.1 Å². The first-order valence-corrected chi connectivity index (χ1v) is 29.0. The maximum Gasteiger partial charge on any atom is 0.534 e. The molecule has 0 N–H and O–H groups in total. The Balaban J connectivity index is 0.000000153. The molecule has 1 saturated heterocycles. The highest BCUT2D eigenvalue weighted by molar-refractivity contribution is 7.88. The van der Waals surface area contributed by atoms with E-state index in [9.17, 15) is 21.6 Å². The second kappa shape index (κ2) is 26.8. The molecule has 426 valence electrons. The van der Waals surface area contributed by atoms with E-state index in [2.05, 4.69) is 90.9 Å². The van der Waals surface area contributed by atoms with Crippen molar-refractivity contribution in [3.05, 3.63) is 144 Å². The van der Waals surface area contributed by atoms with Crippen molar-refractivity contribution in [3.8, 4) is 50.9 Å². The first-order chi connectivity index (χ1) is 39.8. The van der Waals surface area contributed by atoms with Gasteiger partial charge in [0.2, 0.25) is 0 Å². The van der Waals surface area contributed by atoms with Crippen molar-refractivity contribution in [2.45, 2.75) is 115 Å². The Bertz CT molecular complexity index is 3670. The third-order valence-electron chi connectivity index (χ3n) is 15.4. The summed E-state index contributed by atoms with van der Waals surface area (Å²) >= 11 is 0. The molecule has 0 bridgehead atoms. The maximum absolute atomic E-state index is 13.0. The van der Waals surface area contributed by atoms with E-state index in [0.29, 0.717) is 30.6 Å². The highest BCUT2D eigenvalue weighted by Gasteiger charge is 2.49. The van der Waals surface area contributed by atoms with E-state index in [-0.39, 0.29) is 31.8 Å². The third kappa shape index (κ3) is 12.9. The van der Waals surface area contributed by atoms with Crippen LogP contribution < -0.4 is 19.1 Å². The number of nitrogens with zero attached hydrogens (tertiary/aromatic N) is 4. The summed E-state index contributed by atoms with van der Waals surface area (Å²) in [6.07, 6.45) is 20.9. The van der Waals surface area contributed by atoms with Crippen LogP contribution in [0.25, 0.3) is 55.4 Å². The maximum atomic E-state index is 13.0. The highest BCUT2D eigenvalue weighted by Crippen LogP contribution is 2.51. The summed E-state index contributed by atoms with van der Waals surface area (Å²) < 4.78 is 94.7. The smallest absolute Gasteiger partial charge is 0.490 e. The van der Waals surface area contributed by atoms with Crippen molar-refractivity contribution < 1.29 is 63.7 Å². The number of benzene rings is 4. The second-order valence-corrected chi connectivity index (χ2v) is 22.2. The van der Waals surface area contributed by atoms with Crippen molar-refractivity contribution in [1.29, 1.82) is 0 Å². The van der Waals surface area contributed by atoms with Gasteiger partial charge in [0, 0.05) is 87.5 Å². The van der Waals surface area contributed by atoms with Crippen LogP contribution in [0.4, 0.5) is 13.2 Å². The summed E-state index contributed by atoms with van der Waals surface area (Å²) in [4.78, 5) is 40.9. The van der Waals surface area contributed by atoms with Crippen LogP contribution in [0.1, 0.15) is 105 Å². The zero-order valence-corrected chi connectivity index (χ0v) is 46.4. The van der Waals surface area contributed by atoms with Crippen molar-refractivity contribution in [2.24, 2.45) is 0 Å². The number of para-hydroxylation sites is 2. The Morgan fingerprint density at radius 3 is 1.57 bits per heavy atom. The van der Waals surface area contributed by atoms with Gasteiger partial charge in [-0.25, -0.2) is 0 Å². The first-order valence-electron chi connectivity index (χ1n) is 27.6. The van der Waals surface area contributed by atoms with Gasteiger partial charge in [-0.15, -0.1) is 0 Å². The van der Waals surface area contributed by atoms with Crippen LogP contribution in [0, 0.1) is 13.8 Å². The molecule has 8 aromatic rings. The average Bonchev–Trinajstić information content (AvgIpc) is 2.71. The molecular weight excluding hydrogens is 1080 g/mol. The van der Waals surface area contributed by atoms with Crippen LogP contribution in [0.15, 0.2) is 122 Å². The Morgan fingerprint density at radius 2 is 1.07 bits per heavy atom. The van der Waals surface area contributed by atoms with E-state index in [0.717, 1.165) is 102 Å². The quantitative estimate of drug-likeness (QED) is 0.0871. The van der Waals surface area contributed by atoms with E-state index >= 15 is 0 Å². The minimum absolute atomic E-state index is 0.0284. The van der Waals surface area contributed by atoms with E-state index in [1.165, 1.54) is 78.4 Å². The molecule has 3 fully saturated rings. The van der Waals surface area contributed by atoms with Gasteiger partial charge in [0.1, 0.15) is 19.0 Å². The van der Waals surface area contributed by atoms with Crippen LogP contribution in [-0.4, -0.2) is 78.9 Å². The lowest BCUT2D eigenvalue weighted by Crippen LogP contribution is -2.40. The van der Waals surface area contributed by atoms with Crippen molar-refractivity contribution >= 4 is 56.8 Å². The first kappa shape index (κ1) is 58.8. The van der Waals surface area contributed by atoms with Crippen LogP contribution >= 0.6 is 0 Å². The number of hydrogen-bond acceptors (Lipinski definition) is 13. The summed E-state index contributed by atoms with van der Waals surface area (Å²) in [5, 5.41) is 2.57. The predicted molar refractivity (Wildman–Crippen MR) is 302 cm³/mol. The molecule has 4 aromatic heterocycles. The van der Waals surface area contributed by atoms with Gasteiger partial charge in [0.15, 0.2) is 11.5 Å². The molecular formula is C62H62BF3N4O11S. The van der Waals surface area contributed by atoms with E-state index < -0.39 is 21.4 Å². The molecule has 4 aromatic carbocycles. The van der Waals surface area contributed by atoms with Crippen molar-refractivity contribution in [1.82, 2.24) is 19.1 Å². The lowest BCUT2D eigenvalue weighted by atomic mass is 9.79. The van der Waals surface area contributed by atoms with Crippen LogP contribution in [0.3, 0.4) is 0 Å². The Labute approximate surface area is 474 Å². The topological polar surface area (TPSA) is 184 Å². The van der Waals surface area contributed by atoms with Gasteiger partial charge in [-0.2, -0.15) is 40.8 Å². The third-order valence-corrected chi connectivity index (χ3v) is 16.4. The van der Waals surface area contributed by atoms with E-state index in [1.807, 2.05) is 37.5 Å². The molecule has 3 aliphatic heterocycles. The number of aromatic nitrogens is 4. The van der Waals surface area contributed by atoms with Crippen LogP contribution in [0.2, 0.25) is 0 Å². The molecule has 0 amide bonds. The number of rotatable bonds is 6. The Morgan fingerprint density at radius 1 is 0.585 bits per heavy atom. The summed E-state index contributed by atoms with van der Waals surface area (Å²) in [7, 11) is -6.02. The number of hydrogen-bond donors (Lipinski definition) is 0. The summed E-state index contributed by atoms with van der Waals surface area (Å²) in [5.74, 6) is 1.53. The number of pyridine rings is 2. The number of carbonyl (C=O) groups excluding carboxylic acids is 4. The fraction of sp³-hybridized carbons (Fsp3) is 0.355. The van der Waals surface area contributed by atoms with Gasteiger partial charge in [0.25, 0.3) is 0 Å². The monoisotopic (exact) mass is 1140 g/mol. The molecule has 2 saturated carbocycles. The fourth-order valence-electron chi connectivity index (χ4n) is 12.0. The van der Waals surface area contributed by atoms with E-state index in [1.54, 1.807) is 24.0 Å². The van der Waals surface area contributed by atoms with E-state index in [4.69, 9.17) is 38.0 Å². The molecule has 0 spiro atoms. The molecule has 0 unspecified atom stereocenters. The molecule has 5 aliphatic rings. The molecule has 2 aliphatic carbocycles. The number of fused-ring (bicyclic) bond motifs is 10. The van der Waals surface area contributed by atoms with Crippen LogP contribution in [0.5, 0.6) is 17.2 Å². The molecule has 0 radical (unpaired) electrons. The zero-order valence-electron chi connectivity index (χ0n) is 45.6. The SMILES string of the molecule is Cc1ccc2c(C3CCCCC3)c3n(c2c1)CCOc1c(-c2cccnc2)cccc1-3.Cc1ccc2c(C3CCCCC3)c3n(c2c1)CCOc1c(OS(=O)(=O)C(F)(F)F)cccc1-3.O=C=O.O=C=O.c1cncc(B2OCCCO2)c1. The molecule has 0 atom stereocenters. The highest BCUT2D eigenvalue weighted by atomic mass is 32.2. The second-order valence-electron chi connectivity index (χ2n) is 20.7. The summed E-state index contributed by atoms with van der Waals surface area (Å²) in [6.45, 7) is 7.99. The molecule has 82 heavy (non-hydrogen) atoms. The molecule has 20 heteroatoms. The minimum atomic E-state index is -5.82. The van der Waals surface area contributed by atoms with Gasteiger partial charge in [-0.05, 0) is 123 Å². The van der Waals surface area contributed by atoms with Crippen molar-refractivity contribution in [2.75, 3.05) is 26.4 Å². The number of alkyl halides is 3. The number of aryl methyl sites for hydroxylation is 2. The van der Waals surface area contributed by atoms with Gasteiger partial charge in [-0.3, -0.25) is 9.97 Å². The Hall–Kier alpha value is -7.86. The molecule has 13 rings (SSSR count). The lowest BCUT2D eigenvalue weighted by molar-refractivity contribution is -0.193. The number of halogens is 3. The minimum Gasteiger partial charge on any atom is -0.490 e. The lowest BCUT2D eigenvalue weighted by Gasteiger charge is -2.24. The molecule has 7 heterocycles. The summed E-state index contributed by atoms with van der Waals surface area (Å²) in [6, 6.07) is 32.3. The van der Waals surface area contributed by atoms with Crippen molar-refractivity contribution in [3.63, 3.8) is 0 Å². The molecule has 15 nitrogen and oxygen atoms in total. The normalized spacial score (nSPS) is 15.9. The van der Waals surface area contributed by atoms with Gasteiger partial charge >= 0.3 is 35.0 Å². The zero-order chi connectivity index (χ0) is 57.8. The average molecular weight is 1140 g/mol. The Kier molecular flexibility index (Phi) is 19.2. The standard InChI is InChI=1S/C28H28N2O.C24H24F3NO4S.C8H10BNO2.2CO2/c1-19-12-13-23-25(17-19)30-15-16-31-28-22(21-9-6-14-29-18-21)10-5-11-24(28)27(30)26(23)20-7-3-2-4-8-20;1-15-10-11-17-19(14-15)28-12-13-31-23-18(22(28)21(17)16-6-3-2-4-7-16)8-5-9-20(23)32-33(29,30)24(25,26)27;1-3-8(7-10-4-1)9-11-5-2-6-12-9;2*2-1-3/h5-6,9-14,17-18,20H,2-4,7-8,15-16H2,1H3;5,8-11,14,16H,2-4,6-7,12-13H2,1H3;1,3-4,7H,2,5-6H2;;. The van der Waals surface area contributed by atoms with Gasteiger partial charge in [0.05, 0.1) is 24.5 Å². The van der Waals surface area contributed by atoms with Gasteiger partial charge < -0.3 is 32.1 Å². The van der Waals surface area contributed by atoms with Crippen LogP contribution in [-0.2, 0) is 51.7 Å². The summed E-state index contributed by atoms with van der Waals surface area (Å²) in [5.41, 5.74) is 9.30. The number of ether oxygens (including phenoxy) is 2. The largest absolute Gasteiger partial charge is 0.534 e. The predicted octanol–water partition coefficient (Wildman–Crippen LogP) is 12.5. The fourth-order valence-corrected chi connectivity index (χ4v) is 12.5.